The van der Waals surface area contributed by atoms with E-state index in [0.717, 1.165) is 22.3 Å². The molecule has 3 nitrogen and oxygen atoms in total. The maximum atomic E-state index is 8.91. The summed E-state index contributed by atoms with van der Waals surface area (Å²) in [5.74, 6) is 0.855. The largest absolute Gasteiger partial charge is 0.497 e. The van der Waals surface area contributed by atoms with Crippen molar-refractivity contribution >= 4 is 21.6 Å². The van der Waals surface area contributed by atoms with E-state index in [1.165, 1.54) is 5.56 Å². The lowest BCUT2D eigenvalue weighted by atomic mass is 10.0. The van der Waals surface area contributed by atoms with Crippen molar-refractivity contribution in [3.63, 3.8) is 0 Å². The molecule has 0 radical (unpaired) electrons. The molecular formula is C17H17BrN2O. The summed E-state index contributed by atoms with van der Waals surface area (Å²) in [5, 5.41) is 12.4. The van der Waals surface area contributed by atoms with E-state index in [1.54, 1.807) is 7.11 Å². The van der Waals surface area contributed by atoms with E-state index in [-0.39, 0.29) is 6.04 Å². The van der Waals surface area contributed by atoms with Crippen LogP contribution < -0.4 is 10.1 Å². The average Bonchev–Trinajstić information content (AvgIpc) is 2.54. The van der Waals surface area contributed by atoms with Crippen molar-refractivity contribution in [2.45, 2.75) is 19.4 Å². The lowest BCUT2D eigenvalue weighted by Crippen LogP contribution is -2.10. The highest BCUT2D eigenvalue weighted by Crippen LogP contribution is 2.29. The van der Waals surface area contributed by atoms with Gasteiger partial charge in [-0.25, -0.2) is 0 Å². The normalized spacial score (nSPS) is 11.5. The number of nitrogens with one attached hydrogen (secondary N) is 1. The maximum Gasteiger partial charge on any atom is 0.118 e. The molecule has 1 N–H and O–H groups in total. The fourth-order valence-corrected chi connectivity index (χ4v) is 2.64. The molecule has 2 aromatic rings. The van der Waals surface area contributed by atoms with Crippen LogP contribution in [0.1, 0.15) is 30.5 Å². The Morgan fingerprint density at radius 1 is 1.24 bits per heavy atom. The van der Waals surface area contributed by atoms with Crippen LogP contribution in [0.25, 0.3) is 0 Å². The van der Waals surface area contributed by atoms with E-state index in [4.69, 9.17) is 10.00 Å². The molecule has 0 aliphatic heterocycles. The van der Waals surface area contributed by atoms with E-state index in [2.05, 4.69) is 46.4 Å². The molecule has 2 rings (SSSR count). The number of hydrogen-bond donors (Lipinski definition) is 1. The minimum absolute atomic E-state index is 0.208. The summed E-state index contributed by atoms with van der Waals surface area (Å²) in [6, 6.07) is 16.0. The molecule has 108 valence electrons. The zero-order valence-corrected chi connectivity index (χ0v) is 13.6. The Bertz CT molecular complexity index is 647. The Morgan fingerprint density at radius 2 is 1.95 bits per heavy atom. The minimum Gasteiger partial charge on any atom is -0.497 e. The first-order valence-corrected chi connectivity index (χ1v) is 7.57. The number of hydrogen-bond acceptors (Lipinski definition) is 3. The van der Waals surface area contributed by atoms with Gasteiger partial charge in [0.1, 0.15) is 5.75 Å². The van der Waals surface area contributed by atoms with Crippen molar-refractivity contribution in [1.29, 1.82) is 5.26 Å². The molecular weight excluding hydrogens is 328 g/mol. The van der Waals surface area contributed by atoms with Gasteiger partial charge in [-0.2, -0.15) is 5.26 Å². The van der Waals surface area contributed by atoms with E-state index in [0.29, 0.717) is 5.56 Å². The molecule has 21 heavy (non-hydrogen) atoms. The third-order valence-corrected chi connectivity index (χ3v) is 4.01. The van der Waals surface area contributed by atoms with Gasteiger partial charge in [-0.15, -0.1) is 0 Å². The summed E-state index contributed by atoms with van der Waals surface area (Å²) in [6.45, 7) is 2.14. The van der Waals surface area contributed by atoms with Crippen LogP contribution in [0.2, 0.25) is 0 Å². The second-order valence-electron chi connectivity index (χ2n) is 4.68. The lowest BCUT2D eigenvalue weighted by molar-refractivity contribution is 0.414. The molecule has 0 bridgehead atoms. The first-order valence-electron chi connectivity index (χ1n) is 6.78. The van der Waals surface area contributed by atoms with Gasteiger partial charge in [0.05, 0.1) is 24.8 Å². The van der Waals surface area contributed by atoms with Gasteiger partial charge in [0.15, 0.2) is 0 Å². The molecule has 0 saturated carbocycles. The van der Waals surface area contributed by atoms with E-state index < -0.39 is 0 Å². The maximum absolute atomic E-state index is 8.91. The second kappa shape index (κ2) is 7.14. The summed E-state index contributed by atoms with van der Waals surface area (Å²) < 4.78 is 6.08. The smallest absolute Gasteiger partial charge is 0.118 e. The van der Waals surface area contributed by atoms with Gasteiger partial charge in [-0.3, -0.25) is 0 Å². The molecule has 0 heterocycles. The number of rotatable bonds is 5. The summed E-state index contributed by atoms with van der Waals surface area (Å²) in [6.07, 6.45) is 0.957. The Kier molecular flexibility index (Phi) is 5.24. The highest BCUT2D eigenvalue weighted by molar-refractivity contribution is 9.10. The van der Waals surface area contributed by atoms with Crippen LogP contribution in [0.5, 0.6) is 5.75 Å². The molecule has 1 unspecified atom stereocenters. The molecule has 2 aromatic carbocycles. The van der Waals surface area contributed by atoms with Gasteiger partial charge in [0, 0.05) is 10.2 Å². The van der Waals surface area contributed by atoms with E-state index >= 15 is 0 Å². The topological polar surface area (TPSA) is 45.0 Å². The van der Waals surface area contributed by atoms with Gasteiger partial charge in [-0.1, -0.05) is 19.1 Å². The van der Waals surface area contributed by atoms with Crippen LogP contribution in [-0.4, -0.2) is 7.11 Å². The van der Waals surface area contributed by atoms with Crippen molar-refractivity contribution in [2.75, 3.05) is 12.4 Å². The van der Waals surface area contributed by atoms with Crippen LogP contribution in [0, 0.1) is 11.3 Å². The van der Waals surface area contributed by atoms with Gasteiger partial charge in [0.2, 0.25) is 0 Å². The Balaban J connectivity index is 2.20. The Hall–Kier alpha value is -1.99. The fraction of sp³-hybridized carbons (Fsp3) is 0.235. The number of anilines is 1. The molecule has 0 amide bonds. The third-order valence-electron chi connectivity index (χ3n) is 3.35. The number of benzene rings is 2. The third kappa shape index (κ3) is 3.77. The Labute approximate surface area is 133 Å². The second-order valence-corrected chi connectivity index (χ2v) is 5.54. The predicted octanol–water partition coefficient (Wildman–Crippen LogP) is 4.89. The van der Waals surface area contributed by atoms with Gasteiger partial charge >= 0.3 is 0 Å². The molecule has 4 heteroatoms. The quantitative estimate of drug-likeness (QED) is 0.839. The first kappa shape index (κ1) is 15.4. The highest BCUT2D eigenvalue weighted by atomic mass is 79.9. The van der Waals surface area contributed by atoms with Crippen LogP contribution >= 0.6 is 15.9 Å². The van der Waals surface area contributed by atoms with Crippen molar-refractivity contribution in [3.8, 4) is 11.8 Å². The molecule has 0 saturated heterocycles. The molecule has 1 atom stereocenters. The number of ether oxygens (including phenoxy) is 1. The molecule has 0 aliphatic carbocycles. The number of halogens is 1. The summed E-state index contributed by atoms with van der Waals surface area (Å²) in [7, 11) is 1.67. The molecule has 0 spiro atoms. The van der Waals surface area contributed by atoms with Crippen LogP contribution in [0.4, 0.5) is 5.69 Å². The predicted molar refractivity (Wildman–Crippen MR) is 88.5 cm³/mol. The standard InChI is InChI=1S/C17H17BrN2O/c1-3-16(13-5-7-14(21-2)8-6-13)20-17-9-4-12(11-19)10-15(17)18/h4-10,16,20H,3H2,1-2H3. The van der Waals surface area contributed by atoms with Crippen molar-refractivity contribution in [3.05, 3.63) is 58.1 Å². The van der Waals surface area contributed by atoms with Crippen molar-refractivity contribution in [1.82, 2.24) is 0 Å². The zero-order chi connectivity index (χ0) is 15.2. The molecule has 0 aromatic heterocycles. The van der Waals surface area contributed by atoms with Gasteiger partial charge in [0.25, 0.3) is 0 Å². The van der Waals surface area contributed by atoms with Crippen molar-refractivity contribution in [2.24, 2.45) is 0 Å². The molecule has 0 fully saturated rings. The lowest BCUT2D eigenvalue weighted by Gasteiger charge is -2.20. The van der Waals surface area contributed by atoms with Gasteiger partial charge in [-0.05, 0) is 58.2 Å². The van der Waals surface area contributed by atoms with Crippen LogP contribution in [0.3, 0.4) is 0 Å². The summed E-state index contributed by atoms with van der Waals surface area (Å²) >= 11 is 3.51. The van der Waals surface area contributed by atoms with Crippen LogP contribution in [-0.2, 0) is 0 Å². The summed E-state index contributed by atoms with van der Waals surface area (Å²) in [4.78, 5) is 0. The van der Waals surface area contributed by atoms with Crippen molar-refractivity contribution < 1.29 is 4.74 Å². The fourth-order valence-electron chi connectivity index (χ4n) is 2.15. The zero-order valence-electron chi connectivity index (χ0n) is 12.1. The van der Waals surface area contributed by atoms with E-state index in [9.17, 15) is 0 Å². The molecule has 0 aliphatic rings. The number of nitriles is 1. The number of nitrogens with zero attached hydrogens (tertiary/aromatic N) is 1. The Morgan fingerprint density at radius 3 is 2.48 bits per heavy atom. The van der Waals surface area contributed by atoms with Crippen LogP contribution in [0.15, 0.2) is 46.9 Å². The SMILES string of the molecule is CCC(Nc1ccc(C#N)cc1Br)c1ccc(OC)cc1. The highest BCUT2D eigenvalue weighted by Gasteiger charge is 2.11. The van der Waals surface area contributed by atoms with E-state index in [1.807, 2.05) is 30.3 Å². The summed E-state index contributed by atoms with van der Waals surface area (Å²) in [5.41, 5.74) is 2.83. The number of methoxy groups -OCH3 is 1. The van der Waals surface area contributed by atoms with Gasteiger partial charge < -0.3 is 10.1 Å². The monoisotopic (exact) mass is 344 g/mol. The first-order chi connectivity index (χ1) is 10.2. The average molecular weight is 345 g/mol. The minimum atomic E-state index is 0.208.